The Labute approximate surface area is 111 Å². The number of aryl methyl sites for hydroxylation is 1. The highest BCUT2D eigenvalue weighted by molar-refractivity contribution is 5.85. The third kappa shape index (κ3) is 3.60. The van der Waals surface area contributed by atoms with Gasteiger partial charge in [-0.3, -0.25) is 0 Å². The van der Waals surface area contributed by atoms with Crippen LogP contribution in [0.2, 0.25) is 0 Å². The van der Waals surface area contributed by atoms with Crippen molar-refractivity contribution in [2.45, 2.75) is 46.0 Å². The molecule has 0 fully saturated rings. The third-order valence-electron chi connectivity index (χ3n) is 3.61. The van der Waals surface area contributed by atoms with Crippen molar-refractivity contribution in [3.63, 3.8) is 0 Å². The van der Waals surface area contributed by atoms with Gasteiger partial charge in [0.15, 0.2) is 0 Å². The predicted octanol–water partition coefficient (Wildman–Crippen LogP) is 5.60. The minimum Gasteiger partial charge on any atom is -0.0628 e. The fourth-order valence-electron chi connectivity index (χ4n) is 2.56. The van der Waals surface area contributed by atoms with Crippen molar-refractivity contribution in [3.8, 4) is 0 Å². The SMILES string of the molecule is CC(C)CCCCCc1cccc2ccccc12. The first-order chi connectivity index (χ1) is 8.77. The van der Waals surface area contributed by atoms with Crippen molar-refractivity contribution in [1.82, 2.24) is 0 Å². The molecule has 18 heavy (non-hydrogen) atoms. The van der Waals surface area contributed by atoms with Crippen molar-refractivity contribution >= 4 is 10.8 Å². The van der Waals surface area contributed by atoms with Gasteiger partial charge >= 0.3 is 0 Å². The van der Waals surface area contributed by atoms with Crippen LogP contribution in [0.5, 0.6) is 0 Å². The lowest BCUT2D eigenvalue weighted by Gasteiger charge is -2.07. The molecule has 0 aromatic heterocycles. The number of hydrogen-bond acceptors (Lipinski definition) is 0. The van der Waals surface area contributed by atoms with Crippen LogP contribution in [0.4, 0.5) is 0 Å². The summed E-state index contributed by atoms with van der Waals surface area (Å²) in [5, 5.41) is 2.81. The summed E-state index contributed by atoms with van der Waals surface area (Å²) in [5.41, 5.74) is 1.51. The maximum Gasteiger partial charge on any atom is -0.0152 e. The van der Waals surface area contributed by atoms with Crippen molar-refractivity contribution < 1.29 is 0 Å². The minimum absolute atomic E-state index is 0.850. The molecule has 0 nitrogen and oxygen atoms in total. The van der Waals surface area contributed by atoms with Crippen LogP contribution >= 0.6 is 0 Å². The predicted molar refractivity (Wildman–Crippen MR) is 81.0 cm³/mol. The molecule has 0 saturated heterocycles. The van der Waals surface area contributed by atoms with Gasteiger partial charge in [-0.05, 0) is 35.1 Å². The van der Waals surface area contributed by atoms with Gasteiger partial charge in [0.25, 0.3) is 0 Å². The maximum atomic E-state index is 2.31. The first kappa shape index (κ1) is 13.1. The van der Waals surface area contributed by atoms with E-state index in [0.717, 1.165) is 5.92 Å². The van der Waals surface area contributed by atoms with Gasteiger partial charge in [-0.1, -0.05) is 75.6 Å². The molecule has 0 aliphatic carbocycles. The van der Waals surface area contributed by atoms with Gasteiger partial charge in [0.05, 0.1) is 0 Å². The molecular formula is C18H24. The second kappa shape index (κ2) is 6.58. The second-order valence-corrected chi connectivity index (χ2v) is 5.63. The highest BCUT2D eigenvalue weighted by atomic mass is 14.1. The molecular weight excluding hydrogens is 216 g/mol. The van der Waals surface area contributed by atoms with E-state index in [-0.39, 0.29) is 0 Å². The van der Waals surface area contributed by atoms with E-state index in [1.807, 2.05) is 0 Å². The molecule has 0 bridgehead atoms. The molecule has 0 spiro atoms. The van der Waals surface area contributed by atoms with Crippen LogP contribution in [0.25, 0.3) is 10.8 Å². The average Bonchev–Trinajstić information content (AvgIpc) is 2.38. The highest BCUT2D eigenvalue weighted by Gasteiger charge is 2.00. The van der Waals surface area contributed by atoms with E-state index in [9.17, 15) is 0 Å². The summed E-state index contributed by atoms with van der Waals surface area (Å²) in [6, 6.07) is 15.4. The van der Waals surface area contributed by atoms with E-state index in [1.165, 1.54) is 48.4 Å². The molecule has 0 radical (unpaired) electrons. The minimum atomic E-state index is 0.850. The summed E-state index contributed by atoms with van der Waals surface area (Å²) in [7, 11) is 0. The molecule has 0 aliphatic rings. The summed E-state index contributed by atoms with van der Waals surface area (Å²) in [6.07, 6.45) is 6.65. The van der Waals surface area contributed by atoms with Crippen LogP contribution in [0.3, 0.4) is 0 Å². The Hall–Kier alpha value is -1.30. The molecule has 2 rings (SSSR count). The molecule has 0 unspecified atom stereocenters. The van der Waals surface area contributed by atoms with Crippen LogP contribution in [0.1, 0.15) is 45.1 Å². The summed E-state index contributed by atoms with van der Waals surface area (Å²) in [6.45, 7) is 4.62. The number of hydrogen-bond donors (Lipinski definition) is 0. The number of fused-ring (bicyclic) bond motifs is 1. The topological polar surface area (TPSA) is 0 Å². The van der Waals surface area contributed by atoms with Gasteiger partial charge in [-0.25, -0.2) is 0 Å². The largest absolute Gasteiger partial charge is 0.0628 e. The molecule has 96 valence electrons. The van der Waals surface area contributed by atoms with E-state index in [4.69, 9.17) is 0 Å². The number of rotatable bonds is 6. The van der Waals surface area contributed by atoms with E-state index in [0.29, 0.717) is 0 Å². The second-order valence-electron chi connectivity index (χ2n) is 5.63. The first-order valence-corrected chi connectivity index (χ1v) is 7.24. The van der Waals surface area contributed by atoms with Crippen LogP contribution in [-0.2, 0) is 6.42 Å². The lowest BCUT2D eigenvalue weighted by Crippen LogP contribution is -1.90. The number of unbranched alkanes of at least 4 members (excludes halogenated alkanes) is 2. The Bertz CT molecular complexity index is 477. The zero-order chi connectivity index (χ0) is 12.8. The standard InChI is InChI=1S/C18H24/c1-15(2)9-4-3-5-10-16-12-8-13-17-11-6-7-14-18(16)17/h6-8,11-15H,3-5,9-10H2,1-2H3. The Morgan fingerprint density at radius 3 is 2.44 bits per heavy atom. The smallest absolute Gasteiger partial charge is 0.0152 e. The summed E-state index contributed by atoms with van der Waals surface area (Å²) >= 11 is 0. The number of benzene rings is 2. The van der Waals surface area contributed by atoms with Crippen LogP contribution in [0, 0.1) is 5.92 Å². The Morgan fingerprint density at radius 2 is 1.61 bits per heavy atom. The van der Waals surface area contributed by atoms with E-state index in [2.05, 4.69) is 56.3 Å². The van der Waals surface area contributed by atoms with E-state index < -0.39 is 0 Å². The lowest BCUT2D eigenvalue weighted by molar-refractivity contribution is 0.527. The zero-order valence-electron chi connectivity index (χ0n) is 11.7. The highest BCUT2D eigenvalue weighted by Crippen LogP contribution is 2.20. The average molecular weight is 240 g/mol. The Balaban J connectivity index is 1.91. The van der Waals surface area contributed by atoms with Gasteiger partial charge < -0.3 is 0 Å². The van der Waals surface area contributed by atoms with Gasteiger partial charge in [-0.2, -0.15) is 0 Å². The fourth-order valence-corrected chi connectivity index (χ4v) is 2.56. The maximum absolute atomic E-state index is 2.31. The quantitative estimate of drug-likeness (QED) is 0.577. The normalized spacial score (nSPS) is 11.3. The molecule has 0 heterocycles. The summed E-state index contributed by atoms with van der Waals surface area (Å²) in [4.78, 5) is 0. The van der Waals surface area contributed by atoms with Crippen LogP contribution in [-0.4, -0.2) is 0 Å². The van der Waals surface area contributed by atoms with E-state index in [1.54, 1.807) is 0 Å². The van der Waals surface area contributed by atoms with Gasteiger partial charge in [-0.15, -0.1) is 0 Å². The molecule has 2 aromatic rings. The van der Waals surface area contributed by atoms with Gasteiger partial charge in [0, 0.05) is 0 Å². The fraction of sp³-hybridized carbons (Fsp3) is 0.444. The molecule has 0 heteroatoms. The summed E-state index contributed by atoms with van der Waals surface area (Å²) in [5.74, 6) is 0.850. The van der Waals surface area contributed by atoms with Crippen LogP contribution in [0.15, 0.2) is 42.5 Å². The van der Waals surface area contributed by atoms with Crippen molar-refractivity contribution in [2.24, 2.45) is 5.92 Å². The van der Waals surface area contributed by atoms with Crippen molar-refractivity contribution in [3.05, 3.63) is 48.0 Å². The molecule has 0 N–H and O–H groups in total. The molecule has 0 amide bonds. The monoisotopic (exact) mass is 240 g/mol. The molecule has 0 aliphatic heterocycles. The third-order valence-corrected chi connectivity index (χ3v) is 3.61. The van der Waals surface area contributed by atoms with E-state index >= 15 is 0 Å². The van der Waals surface area contributed by atoms with Crippen molar-refractivity contribution in [2.75, 3.05) is 0 Å². The summed E-state index contributed by atoms with van der Waals surface area (Å²) < 4.78 is 0. The molecule has 0 atom stereocenters. The van der Waals surface area contributed by atoms with Crippen molar-refractivity contribution in [1.29, 1.82) is 0 Å². The molecule has 0 saturated carbocycles. The first-order valence-electron chi connectivity index (χ1n) is 7.24. The zero-order valence-corrected chi connectivity index (χ0v) is 11.7. The Kier molecular flexibility index (Phi) is 4.81. The lowest BCUT2D eigenvalue weighted by atomic mass is 9.98. The van der Waals surface area contributed by atoms with Gasteiger partial charge in [0.1, 0.15) is 0 Å². The molecule has 2 aromatic carbocycles. The Morgan fingerprint density at radius 1 is 0.833 bits per heavy atom. The van der Waals surface area contributed by atoms with Crippen LogP contribution < -0.4 is 0 Å². The van der Waals surface area contributed by atoms with Gasteiger partial charge in [0.2, 0.25) is 0 Å².